The standard InChI is InChI=1S/C15H11Cl2N3O2/c16-11-4-2-5-12(17)14(11)10-3-1-6-13-15(10)22-9(8-21-13)7-19-20-18/h1-6,9H,7-8H2/t9-/m0/s1. The van der Waals surface area contributed by atoms with Crippen LogP contribution >= 0.6 is 23.2 Å². The molecule has 3 rings (SSSR count). The number of azide groups is 1. The molecule has 0 amide bonds. The maximum absolute atomic E-state index is 8.42. The van der Waals surface area contributed by atoms with Crippen LogP contribution in [0.4, 0.5) is 0 Å². The van der Waals surface area contributed by atoms with Gasteiger partial charge in [-0.1, -0.05) is 46.5 Å². The van der Waals surface area contributed by atoms with Gasteiger partial charge in [-0.3, -0.25) is 0 Å². The lowest BCUT2D eigenvalue weighted by Gasteiger charge is -2.27. The zero-order valence-electron chi connectivity index (χ0n) is 11.4. The first-order valence-electron chi connectivity index (χ1n) is 6.58. The van der Waals surface area contributed by atoms with E-state index in [0.717, 1.165) is 5.56 Å². The molecule has 0 unspecified atom stereocenters. The molecule has 112 valence electrons. The molecule has 2 aromatic carbocycles. The van der Waals surface area contributed by atoms with Gasteiger partial charge in [0.25, 0.3) is 0 Å². The molecule has 7 heteroatoms. The molecule has 22 heavy (non-hydrogen) atoms. The van der Waals surface area contributed by atoms with Crippen molar-refractivity contribution in [2.45, 2.75) is 6.10 Å². The van der Waals surface area contributed by atoms with Crippen LogP contribution in [0.15, 0.2) is 41.5 Å². The third kappa shape index (κ3) is 2.79. The van der Waals surface area contributed by atoms with Crippen molar-refractivity contribution in [2.24, 2.45) is 5.11 Å². The molecule has 0 aliphatic carbocycles. The summed E-state index contributed by atoms with van der Waals surface area (Å²) in [6, 6.07) is 10.8. The van der Waals surface area contributed by atoms with E-state index in [4.69, 9.17) is 38.2 Å². The molecule has 0 bridgehead atoms. The number of nitrogens with zero attached hydrogens (tertiary/aromatic N) is 3. The summed E-state index contributed by atoms with van der Waals surface area (Å²) < 4.78 is 11.6. The fourth-order valence-electron chi connectivity index (χ4n) is 2.30. The van der Waals surface area contributed by atoms with E-state index in [9.17, 15) is 0 Å². The van der Waals surface area contributed by atoms with E-state index >= 15 is 0 Å². The van der Waals surface area contributed by atoms with E-state index in [2.05, 4.69) is 10.0 Å². The number of fused-ring (bicyclic) bond motifs is 1. The van der Waals surface area contributed by atoms with Crippen LogP contribution in [0.1, 0.15) is 0 Å². The number of halogens is 2. The topological polar surface area (TPSA) is 67.2 Å². The lowest BCUT2D eigenvalue weighted by molar-refractivity contribution is 0.0977. The van der Waals surface area contributed by atoms with Crippen LogP contribution in [0, 0.1) is 0 Å². The Hall–Kier alpha value is -2.07. The molecule has 0 radical (unpaired) electrons. The highest BCUT2D eigenvalue weighted by molar-refractivity contribution is 6.39. The first-order valence-corrected chi connectivity index (χ1v) is 7.34. The normalized spacial score (nSPS) is 16.0. The summed E-state index contributed by atoms with van der Waals surface area (Å²) in [5.74, 6) is 1.17. The van der Waals surface area contributed by atoms with Crippen LogP contribution in [0.5, 0.6) is 11.5 Å². The van der Waals surface area contributed by atoms with E-state index in [1.165, 1.54) is 0 Å². The molecule has 1 heterocycles. The highest BCUT2D eigenvalue weighted by Crippen LogP contribution is 2.45. The summed E-state index contributed by atoms with van der Waals surface area (Å²) in [5.41, 5.74) is 9.86. The van der Waals surface area contributed by atoms with Crippen molar-refractivity contribution in [3.8, 4) is 22.6 Å². The molecule has 1 aliphatic heterocycles. The molecule has 0 saturated heterocycles. The lowest BCUT2D eigenvalue weighted by atomic mass is 10.0. The van der Waals surface area contributed by atoms with Gasteiger partial charge in [-0.25, -0.2) is 0 Å². The first kappa shape index (κ1) is 14.9. The van der Waals surface area contributed by atoms with Crippen molar-refractivity contribution < 1.29 is 9.47 Å². The van der Waals surface area contributed by atoms with Crippen molar-refractivity contribution in [3.63, 3.8) is 0 Å². The van der Waals surface area contributed by atoms with Crippen LogP contribution in [0.3, 0.4) is 0 Å². The van der Waals surface area contributed by atoms with Gasteiger partial charge >= 0.3 is 0 Å². The quantitative estimate of drug-likeness (QED) is 0.444. The number of para-hydroxylation sites is 1. The average molecular weight is 336 g/mol. The molecule has 0 spiro atoms. The largest absolute Gasteiger partial charge is 0.486 e. The monoisotopic (exact) mass is 335 g/mol. The predicted molar refractivity (Wildman–Crippen MR) is 85.8 cm³/mol. The van der Waals surface area contributed by atoms with Crippen LogP contribution < -0.4 is 9.47 Å². The smallest absolute Gasteiger partial charge is 0.169 e. The second kappa shape index (κ2) is 6.36. The van der Waals surface area contributed by atoms with Gasteiger partial charge in [-0.05, 0) is 23.7 Å². The van der Waals surface area contributed by atoms with Gasteiger partial charge in [0.1, 0.15) is 12.7 Å². The molecule has 2 aromatic rings. The Labute approximate surface area is 137 Å². The second-order valence-electron chi connectivity index (χ2n) is 4.69. The summed E-state index contributed by atoms with van der Waals surface area (Å²) in [5, 5.41) is 4.59. The van der Waals surface area contributed by atoms with E-state index in [1.54, 1.807) is 18.2 Å². The molecule has 0 aromatic heterocycles. The van der Waals surface area contributed by atoms with Gasteiger partial charge in [0.05, 0.1) is 16.6 Å². The maximum atomic E-state index is 8.42. The van der Waals surface area contributed by atoms with Crippen molar-refractivity contribution in [2.75, 3.05) is 13.2 Å². The van der Waals surface area contributed by atoms with Gasteiger partial charge in [0.2, 0.25) is 0 Å². The molecule has 0 saturated carbocycles. The molecule has 0 fully saturated rings. The van der Waals surface area contributed by atoms with Crippen molar-refractivity contribution in [3.05, 3.63) is 56.9 Å². The maximum Gasteiger partial charge on any atom is 0.169 e. The predicted octanol–water partition coefficient (Wildman–Crippen LogP) is 5.11. The molecular formula is C15H11Cl2N3O2. The Morgan fingerprint density at radius 3 is 2.64 bits per heavy atom. The molecule has 1 atom stereocenters. The Bertz CT molecular complexity index is 740. The zero-order chi connectivity index (χ0) is 15.5. The number of hydrogen-bond donors (Lipinski definition) is 0. The van der Waals surface area contributed by atoms with E-state index < -0.39 is 0 Å². The van der Waals surface area contributed by atoms with Crippen molar-refractivity contribution in [1.82, 2.24) is 0 Å². The Morgan fingerprint density at radius 2 is 1.91 bits per heavy atom. The highest BCUT2D eigenvalue weighted by Gasteiger charge is 2.25. The highest BCUT2D eigenvalue weighted by atomic mass is 35.5. The number of benzene rings is 2. The van der Waals surface area contributed by atoms with Gasteiger partial charge < -0.3 is 9.47 Å². The molecular weight excluding hydrogens is 325 g/mol. The van der Waals surface area contributed by atoms with Gasteiger partial charge in [-0.2, -0.15) is 0 Å². The SMILES string of the molecule is [N-]=[N+]=NC[C@H]1COc2cccc(-c3c(Cl)cccc3Cl)c2O1. The molecule has 5 nitrogen and oxygen atoms in total. The van der Waals surface area contributed by atoms with Crippen LogP contribution in [-0.4, -0.2) is 19.3 Å². The Balaban J connectivity index is 2.06. The Morgan fingerprint density at radius 1 is 1.18 bits per heavy atom. The third-order valence-corrected chi connectivity index (χ3v) is 3.90. The van der Waals surface area contributed by atoms with Gasteiger partial charge in [0.15, 0.2) is 11.5 Å². The Kier molecular flexibility index (Phi) is 4.29. The van der Waals surface area contributed by atoms with E-state index in [-0.39, 0.29) is 12.6 Å². The molecule has 0 N–H and O–H groups in total. The summed E-state index contributed by atoms with van der Waals surface area (Å²) in [6.07, 6.45) is -0.342. The lowest BCUT2D eigenvalue weighted by Crippen LogP contribution is -2.31. The summed E-state index contributed by atoms with van der Waals surface area (Å²) >= 11 is 12.6. The van der Waals surface area contributed by atoms with Crippen LogP contribution in [-0.2, 0) is 0 Å². The van der Waals surface area contributed by atoms with Crippen LogP contribution in [0.2, 0.25) is 10.0 Å². The number of rotatable bonds is 3. The number of hydrogen-bond acceptors (Lipinski definition) is 3. The zero-order valence-corrected chi connectivity index (χ0v) is 12.9. The fraction of sp³-hybridized carbons (Fsp3) is 0.200. The summed E-state index contributed by atoms with van der Waals surface area (Å²) in [4.78, 5) is 2.74. The van der Waals surface area contributed by atoms with Gasteiger partial charge in [-0.15, -0.1) is 0 Å². The first-order chi connectivity index (χ1) is 10.7. The molecule has 1 aliphatic rings. The minimum Gasteiger partial charge on any atom is -0.486 e. The number of ether oxygens (including phenoxy) is 2. The van der Waals surface area contributed by atoms with Gasteiger partial charge in [0, 0.05) is 16.0 Å². The second-order valence-corrected chi connectivity index (χ2v) is 5.51. The fourth-order valence-corrected chi connectivity index (χ4v) is 2.91. The van der Waals surface area contributed by atoms with Crippen LogP contribution in [0.25, 0.3) is 21.6 Å². The summed E-state index contributed by atoms with van der Waals surface area (Å²) in [7, 11) is 0. The van der Waals surface area contributed by atoms with E-state index in [1.807, 2.05) is 18.2 Å². The summed E-state index contributed by atoms with van der Waals surface area (Å²) in [6.45, 7) is 0.520. The minimum atomic E-state index is -0.342. The average Bonchev–Trinajstić information content (AvgIpc) is 2.53. The third-order valence-electron chi connectivity index (χ3n) is 3.27. The van der Waals surface area contributed by atoms with Crippen molar-refractivity contribution >= 4 is 23.2 Å². The van der Waals surface area contributed by atoms with Crippen molar-refractivity contribution in [1.29, 1.82) is 0 Å². The minimum absolute atomic E-state index is 0.195. The van der Waals surface area contributed by atoms with E-state index in [0.29, 0.717) is 33.7 Å².